The zero-order chi connectivity index (χ0) is 26.6. The predicted molar refractivity (Wildman–Crippen MR) is 145 cm³/mol. The van der Waals surface area contributed by atoms with E-state index in [0.717, 1.165) is 51.9 Å². The Hall–Kier alpha value is -3.37. The number of anilines is 2. The van der Waals surface area contributed by atoms with Gasteiger partial charge in [-0.15, -0.1) is 0 Å². The van der Waals surface area contributed by atoms with Crippen LogP contribution in [0, 0.1) is 5.82 Å². The van der Waals surface area contributed by atoms with Gasteiger partial charge in [-0.05, 0) is 43.9 Å². The Kier molecular flexibility index (Phi) is 7.99. The van der Waals surface area contributed by atoms with E-state index in [1.165, 1.54) is 12.4 Å². The van der Waals surface area contributed by atoms with Crippen LogP contribution in [0.3, 0.4) is 0 Å². The Morgan fingerprint density at radius 2 is 1.92 bits per heavy atom. The van der Waals surface area contributed by atoms with Crippen molar-refractivity contribution < 1.29 is 18.7 Å². The fourth-order valence-electron chi connectivity index (χ4n) is 5.11. The van der Waals surface area contributed by atoms with Crippen molar-refractivity contribution in [3.8, 4) is 11.5 Å². The van der Waals surface area contributed by atoms with Crippen molar-refractivity contribution in [3.63, 3.8) is 0 Å². The molecule has 9 nitrogen and oxygen atoms in total. The third kappa shape index (κ3) is 5.56. The van der Waals surface area contributed by atoms with Crippen LogP contribution in [0.2, 0.25) is 5.02 Å². The van der Waals surface area contributed by atoms with Crippen molar-refractivity contribution in [2.24, 2.45) is 0 Å². The van der Waals surface area contributed by atoms with Crippen molar-refractivity contribution >= 4 is 40.0 Å². The molecule has 38 heavy (non-hydrogen) atoms. The molecule has 0 radical (unpaired) electrons. The number of piperazine rings is 1. The van der Waals surface area contributed by atoms with E-state index < -0.39 is 5.82 Å². The summed E-state index contributed by atoms with van der Waals surface area (Å²) in [5, 5.41) is 7.00. The minimum atomic E-state index is -0.553. The SMILES string of the molecule is COc1cc2ncnc(Nc3cccc(Cl)c3F)c2cc1O[C@H]1CC[C@H](N(C)C(=O)N2CCNCC2)CC1. The van der Waals surface area contributed by atoms with Gasteiger partial charge in [-0.3, -0.25) is 0 Å². The molecule has 202 valence electrons. The summed E-state index contributed by atoms with van der Waals surface area (Å²) >= 11 is 5.95. The summed E-state index contributed by atoms with van der Waals surface area (Å²) in [7, 11) is 3.49. The lowest BCUT2D eigenvalue weighted by atomic mass is 9.92. The van der Waals surface area contributed by atoms with E-state index in [1.54, 1.807) is 25.3 Å². The van der Waals surface area contributed by atoms with Crippen molar-refractivity contribution in [1.29, 1.82) is 0 Å². The second kappa shape index (κ2) is 11.6. The summed E-state index contributed by atoms with van der Waals surface area (Å²) in [5.74, 6) is 1.01. The van der Waals surface area contributed by atoms with Gasteiger partial charge >= 0.3 is 6.03 Å². The number of carbonyl (C=O) groups excluding carboxylic acids is 1. The van der Waals surface area contributed by atoms with Gasteiger partial charge < -0.3 is 29.9 Å². The van der Waals surface area contributed by atoms with Crippen LogP contribution in [-0.4, -0.2) is 78.3 Å². The van der Waals surface area contributed by atoms with E-state index >= 15 is 0 Å². The second-order valence-corrected chi connectivity index (χ2v) is 10.1. The zero-order valence-electron chi connectivity index (χ0n) is 21.5. The second-order valence-electron chi connectivity index (χ2n) is 9.65. The molecule has 1 aliphatic heterocycles. The minimum absolute atomic E-state index is 0.0216. The predicted octanol–water partition coefficient (Wildman–Crippen LogP) is 4.82. The van der Waals surface area contributed by atoms with Gasteiger partial charge in [-0.1, -0.05) is 17.7 Å². The summed E-state index contributed by atoms with van der Waals surface area (Å²) in [6, 6.07) is 8.65. The Balaban J connectivity index is 1.30. The Morgan fingerprint density at radius 3 is 2.66 bits per heavy atom. The summed E-state index contributed by atoms with van der Waals surface area (Å²) in [6.07, 6.45) is 4.74. The van der Waals surface area contributed by atoms with E-state index in [0.29, 0.717) is 28.2 Å². The fraction of sp³-hybridized carbons (Fsp3) is 0.444. The van der Waals surface area contributed by atoms with E-state index in [2.05, 4.69) is 20.6 Å². The third-order valence-corrected chi connectivity index (χ3v) is 7.59. The number of aromatic nitrogens is 2. The molecule has 2 N–H and O–H groups in total. The number of ether oxygens (including phenoxy) is 2. The van der Waals surface area contributed by atoms with Crippen LogP contribution in [0.25, 0.3) is 10.9 Å². The van der Waals surface area contributed by atoms with Gasteiger partial charge in [0.1, 0.15) is 12.1 Å². The molecule has 2 amide bonds. The number of hydrogen-bond donors (Lipinski definition) is 2. The average Bonchev–Trinajstić information content (AvgIpc) is 2.95. The van der Waals surface area contributed by atoms with Crippen LogP contribution in [-0.2, 0) is 0 Å². The molecule has 2 fully saturated rings. The molecule has 11 heteroatoms. The highest BCUT2D eigenvalue weighted by atomic mass is 35.5. The summed E-state index contributed by atoms with van der Waals surface area (Å²) in [4.78, 5) is 25.4. The van der Waals surface area contributed by atoms with Crippen molar-refractivity contribution in [1.82, 2.24) is 25.1 Å². The molecule has 0 spiro atoms. The summed E-state index contributed by atoms with van der Waals surface area (Å²) in [5.41, 5.74) is 0.847. The zero-order valence-corrected chi connectivity index (χ0v) is 22.3. The lowest BCUT2D eigenvalue weighted by Gasteiger charge is -2.38. The van der Waals surface area contributed by atoms with Crippen molar-refractivity contribution in [2.75, 3.05) is 45.7 Å². The molecule has 2 heterocycles. The van der Waals surface area contributed by atoms with Crippen LogP contribution >= 0.6 is 11.6 Å². The van der Waals surface area contributed by atoms with Crippen LogP contribution < -0.4 is 20.1 Å². The number of halogens is 2. The number of carbonyl (C=O) groups is 1. The maximum Gasteiger partial charge on any atom is 0.320 e. The number of nitrogens with one attached hydrogen (secondary N) is 2. The average molecular weight is 543 g/mol. The first-order valence-electron chi connectivity index (χ1n) is 12.9. The molecule has 3 aromatic rings. The lowest BCUT2D eigenvalue weighted by Crippen LogP contribution is -2.53. The van der Waals surface area contributed by atoms with E-state index in [-0.39, 0.29) is 28.9 Å². The molecule has 1 aromatic heterocycles. The molecule has 5 rings (SSSR count). The summed E-state index contributed by atoms with van der Waals surface area (Å²) in [6.45, 7) is 3.16. The molecule has 2 aliphatic rings. The van der Waals surface area contributed by atoms with Gasteiger partial charge in [-0.25, -0.2) is 19.2 Å². The molecule has 2 aromatic carbocycles. The van der Waals surface area contributed by atoms with Crippen LogP contribution in [0.15, 0.2) is 36.7 Å². The quantitative estimate of drug-likeness (QED) is 0.461. The first kappa shape index (κ1) is 26.2. The van der Waals surface area contributed by atoms with Gasteiger partial charge in [0.15, 0.2) is 17.3 Å². The Bertz CT molecular complexity index is 1300. The highest BCUT2D eigenvalue weighted by Gasteiger charge is 2.30. The highest BCUT2D eigenvalue weighted by Crippen LogP contribution is 2.37. The maximum absolute atomic E-state index is 14.5. The normalized spacial score (nSPS) is 19.7. The minimum Gasteiger partial charge on any atom is -0.493 e. The number of nitrogens with zero attached hydrogens (tertiary/aromatic N) is 4. The van der Waals surface area contributed by atoms with E-state index in [4.69, 9.17) is 21.1 Å². The molecular weight excluding hydrogens is 511 g/mol. The lowest BCUT2D eigenvalue weighted by molar-refractivity contribution is 0.0920. The van der Waals surface area contributed by atoms with Gasteiger partial charge in [0.25, 0.3) is 0 Å². The maximum atomic E-state index is 14.5. The first-order chi connectivity index (χ1) is 18.4. The van der Waals surface area contributed by atoms with Crippen LogP contribution in [0.1, 0.15) is 25.7 Å². The number of hydrogen-bond acceptors (Lipinski definition) is 7. The van der Waals surface area contributed by atoms with E-state index in [1.807, 2.05) is 22.9 Å². The number of rotatable bonds is 6. The molecule has 1 aliphatic carbocycles. The fourth-order valence-corrected chi connectivity index (χ4v) is 5.28. The number of benzene rings is 2. The van der Waals surface area contributed by atoms with E-state index in [9.17, 15) is 9.18 Å². The van der Waals surface area contributed by atoms with Gasteiger partial charge in [0.05, 0.1) is 29.4 Å². The van der Waals surface area contributed by atoms with Crippen molar-refractivity contribution in [2.45, 2.75) is 37.8 Å². The Morgan fingerprint density at radius 1 is 1.16 bits per heavy atom. The number of urea groups is 1. The van der Waals surface area contributed by atoms with Crippen LogP contribution in [0.5, 0.6) is 11.5 Å². The number of fused-ring (bicyclic) bond motifs is 1. The largest absolute Gasteiger partial charge is 0.493 e. The molecular formula is C27H32ClFN6O3. The standard InChI is InChI=1S/C27H32ClFN6O3/c1-34(27(36)35-12-10-30-11-13-35)17-6-8-18(9-7-17)38-24-14-19-22(15-23(24)37-2)31-16-32-26(19)33-21-5-3-4-20(28)25(21)29/h3-5,14-18,30H,6-13H2,1-2H3,(H,31,32,33)/t17-,18-. The first-order valence-corrected chi connectivity index (χ1v) is 13.2. The molecule has 0 unspecified atom stereocenters. The third-order valence-electron chi connectivity index (χ3n) is 7.30. The van der Waals surface area contributed by atoms with Gasteiger partial charge in [-0.2, -0.15) is 0 Å². The Labute approximate surface area is 226 Å². The van der Waals surface area contributed by atoms with Crippen LogP contribution in [0.4, 0.5) is 20.7 Å². The highest BCUT2D eigenvalue weighted by molar-refractivity contribution is 6.31. The topological polar surface area (TPSA) is 91.9 Å². The molecule has 0 atom stereocenters. The molecule has 1 saturated carbocycles. The van der Waals surface area contributed by atoms with Crippen molar-refractivity contribution in [3.05, 3.63) is 47.5 Å². The summed E-state index contributed by atoms with van der Waals surface area (Å²) < 4.78 is 26.5. The smallest absolute Gasteiger partial charge is 0.320 e. The number of methoxy groups -OCH3 is 1. The monoisotopic (exact) mass is 542 g/mol. The van der Waals surface area contributed by atoms with Gasteiger partial charge in [0, 0.05) is 50.7 Å². The molecule has 1 saturated heterocycles. The number of amides is 2. The molecule has 0 bridgehead atoms. The van der Waals surface area contributed by atoms with Gasteiger partial charge in [0.2, 0.25) is 0 Å².